The van der Waals surface area contributed by atoms with Gasteiger partial charge < -0.3 is 15.5 Å². The maximum absolute atomic E-state index is 12.7. The van der Waals surface area contributed by atoms with Crippen molar-refractivity contribution in [3.05, 3.63) is 63.2 Å². The van der Waals surface area contributed by atoms with Crippen molar-refractivity contribution >= 4 is 57.1 Å². The number of amides is 2. The van der Waals surface area contributed by atoms with Crippen LogP contribution in [0.5, 0.6) is 0 Å². The fourth-order valence-electron chi connectivity index (χ4n) is 4.20. The summed E-state index contributed by atoms with van der Waals surface area (Å²) >= 11 is 12.8. The van der Waals surface area contributed by atoms with Gasteiger partial charge in [0.15, 0.2) is 10.9 Å². The van der Waals surface area contributed by atoms with Gasteiger partial charge in [-0.1, -0.05) is 32.4 Å². The van der Waals surface area contributed by atoms with Gasteiger partial charge in [-0.25, -0.2) is 0 Å². The number of furan rings is 1. The Morgan fingerprint density at radius 2 is 1.88 bits per heavy atom. The van der Waals surface area contributed by atoms with E-state index >= 15 is 0 Å². The molecule has 0 unspecified atom stereocenters. The molecular formula is C25H26ClN3O3S2. The van der Waals surface area contributed by atoms with Crippen LogP contribution in [0, 0.1) is 11.3 Å². The van der Waals surface area contributed by atoms with Crippen LogP contribution in [-0.2, 0) is 12.8 Å². The lowest BCUT2D eigenvalue weighted by atomic mass is 9.72. The van der Waals surface area contributed by atoms with Gasteiger partial charge in [-0.3, -0.25) is 14.9 Å². The summed E-state index contributed by atoms with van der Waals surface area (Å²) in [5.41, 5.74) is 8.15. The van der Waals surface area contributed by atoms with E-state index in [2.05, 4.69) is 31.4 Å². The maximum atomic E-state index is 12.7. The number of carbonyl (C=O) groups excluding carboxylic acids is 2. The predicted octanol–water partition coefficient (Wildman–Crippen LogP) is 6.04. The van der Waals surface area contributed by atoms with Crippen molar-refractivity contribution in [3.8, 4) is 11.3 Å². The second-order valence-electron chi connectivity index (χ2n) is 9.46. The highest BCUT2D eigenvalue weighted by atomic mass is 35.5. The zero-order valence-electron chi connectivity index (χ0n) is 19.2. The van der Waals surface area contributed by atoms with Gasteiger partial charge in [0, 0.05) is 15.5 Å². The van der Waals surface area contributed by atoms with Crippen LogP contribution < -0.4 is 16.4 Å². The molecule has 2 aromatic heterocycles. The Hall–Kier alpha value is -2.68. The van der Waals surface area contributed by atoms with E-state index in [-0.39, 0.29) is 16.3 Å². The standard InChI is InChI=1S/C25H26ClN3O3S2/c1-25(2,3)14-6-9-16-19(12-14)34-23(20(16)21(27)30)29-24(33)28-22(31)18-11-10-17(32-18)13-4-7-15(26)8-5-13/h4-5,7-8,10-11,14H,6,9,12H2,1-3H3,(H2,27,30)(H2,28,29,31,33)/t14-/m0/s1. The third-order valence-electron chi connectivity index (χ3n) is 6.15. The van der Waals surface area contributed by atoms with Crippen molar-refractivity contribution in [1.82, 2.24) is 5.32 Å². The van der Waals surface area contributed by atoms with E-state index in [0.717, 1.165) is 35.3 Å². The lowest BCUT2D eigenvalue weighted by molar-refractivity contribution is 0.0950. The predicted molar refractivity (Wildman–Crippen MR) is 141 cm³/mol. The minimum atomic E-state index is -0.498. The molecule has 9 heteroatoms. The van der Waals surface area contributed by atoms with Gasteiger partial charge in [0.2, 0.25) is 0 Å². The number of halogens is 1. The van der Waals surface area contributed by atoms with Gasteiger partial charge in [-0.2, -0.15) is 0 Å². The van der Waals surface area contributed by atoms with Crippen LogP contribution in [0.25, 0.3) is 11.3 Å². The first kappa shape index (κ1) is 24.4. The number of anilines is 1. The first-order chi connectivity index (χ1) is 16.0. The minimum Gasteiger partial charge on any atom is -0.451 e. The van der Waals surface area contributed by atoms with Gasteiger partial charge >= 0.3 is 0 Å². The molecule has 4 N–H and O–H groups in total. The summed E-state index contributed by atoms with van der Waals surface area (Å²) in [4.78, 5) is 26.1. The number of benzene rings is 1. The Labute approximate surface area is 212 Å². The molecule has 1 atom stereocenters. The summed E-state index contributed by atoms with van der Waals surface area (Å²) in [5.74, 6) is 0.181. The second-order valence-corrected chi connectivity index (χ2v) is 11.4. The van der Waals surface area contributed by atoms with Crippen LogP contribution in [0.2, 0.25) is 5.02 Å². The maximum Gasteiger partial charge on any atom is 0.293 e. The number of primary amides is 1. The van der Waals surface area contributed by atoms with Crippen molar-refractivity contribution in [2.75, 3.05) is 5.32 Å². The molecule has 0 saturated heterocycles. The number of nitrogens with two attached hydrogens (primary N) is 1. The summed E-state index contributed by atoms with van der Waals surface area (Å²) in [6, 6.07) is 10.4. The summed E-state index contributed by atoms with van der Waals surface area (Å²) < 4.78 is 5.68. The highest BCUT2D eigenvalue weighted by Crippen LogP contribution is 2.44. The lowest BCUT2D eigenvalue weighted by Crippen LogP contribution is -2.34. The van der Waals surface area contributed by atoms with Gasteiger partial charge in [-0.15, -0.1) is 11.3 Å². The Kier molecular flexibility index (Phi) is 6.85. The van der Waals surface area contributed by atoms with Crippen molar-refractivity contribution in [2.45, 2.75) is 40.0 Å². The first-order valence-electron chi connectivity index (χ1n) is 11.0. The quantitative estimate of drug-likeness (QED) is 0.368. The Bertz CT molecular complexity index is 1260. The number of thiocarbonyl (C=S) groups is 1. The largest absolute Gasteiger partial charge is 0.451 e. The molecule has 1 aliphatic rings. The minimum absolute atomic E-state index is 0.0721. The number of rotatable bonds is 4. The van der Waals surface area contributed by atoms with Crippen LogP contribution in [-0.4, -0.2) is 16.9 Å². The number of hydrogen-bond donors (Lipinski definition) is 3. The molecule has 1 aromatic carbocycles. The van der Waals surface area contributed by atoms with Crippen molar-refractivity contribution in [2.24, 2.45) is 17.1 Å². The summed E-state index contributed by atoms with van der Waals surface area (Å²) in [6.07, 6.45) is 2.69. The number of carbonyl (C=O) groups is 2. The summed E-state index contributed by atoms with van der Waals surface area (Å²) in [7, 11) is 0. The van der Waals surface area contributed by atoms with Gasteiger partial charge in [0.1, 0.15) is 10.8 Å². The van der Waals surface area contributed by atoms with Crippen molar-refractivity contribution < 1.29 is 14.0 Å². The van der Waals surface area contributed by atoms with Crippen LogP contribution in [0.4, 0.5) is 5.00 Å². The van der Waals surface area contributed by atoms with E-state index in [1.165, 1.54) is 11.3 Å². The monoisotopic (exact) mass is 515 g/mol. The van der Waals surface area contributed by atoms with Crippen molar-refractivity contribution in [1.29, 1.82) is 0 Å². The molecule has 0 aliphatic heterocycles. The summed E-state index contributed by atoms with van der Waals surface area (Å²) in [5, 5.41) is 6.88. The average Bonchev–Trinajstić information content (AvgIpc) is 3.37. The molecular weight excluding hydrogens is 490 g/mol. The number of hydrogen-bond acceptors (Lipinski definition) is 5. The summed E-state index contributed by atoms with van der Waals surface area (Å²) in [6.45, 7) is 6.71. The zero-order chi connectivity index (χ0) is 24.6. The fraction of sp³-hybridized carbons (Fsp3) is 0.320. The molecule has 0 saturated carbocycles. The molecule has 6 nitrogen and oxygen atoms in total. The molecule has 0 bridgehead atoms. The van der Waals surface area contributed by atoms with Crippen LogP contribution in [0.15, 0.2) is 40.8 Å². The highest BCUT2D eigenvalue weighted by molar-refractivity contribution is 7.80. The Balaban J connectivity index is 1.47. The van der Waals surface area contributed by atoms with Gasteiger partial charge in [0.05, 0.1) is 5.56 Å². The SMILES string of the molecule is CC(C)(C)[C@H]1CCc2c(sc(NC(=S)NC(=O)c3ccc(-c4ccc(Cl)cc4)o3)c2C(N)=O)C1. The average molecular weight is 516 g/mol. The molecule has 0 radical (unpaired) electrons. The molecule has 0 spiro atoms. The third-order valence-corrected chi connectivity index (χ3v) is 7.77. The molecule has 1 aliphatic carbocycles. The van der Waals surface area contributed by atoms with Gasteiger partial charge in [-0.05, 0) is 84.8 Å². The fourth-order valence-corrected chi connectivity index (χ4v) is 5.92. The topological polar surface area (TPSA) is 97.4 Å². The molecule has 0 fully saturated rings. The van der Waals surface area contributed by atoms with Gasteiger partial charge in [0.25, 0.3) is 11.8 Å². The smallest absolute Gasteiger partial charge is 0.293 e. The molecule has 2 heterocycles. The molecule has 4 rings (SSSR count). The molecule has 178 valence electrons. The Morgan fingerprint density at radius 3 is 2.53 bits per heavy atom. The number of nitrogens with one attached hydrogen (secondary N) is 2. The van der Waals surface area contributed by atoms with E-state index < -0.39 is 11.8 Å². The first-order valence-corrected chi connectivity index (χ1v) is 12.6. The third kappa shape index (κ3) is 5.19. The molecule has 3 aromatic rings. The lowest BCUT2D eigenvalue weighted by Gasteiger charge is -2.33. The van der Waals surface area contributed by atoms with E-state index in [1.807, 2.05) is 12.1 Å². The second kappa shape index (κ2) is 9.52. The van der Waals surface area contributed by atoms with E-state index in [0.29, 0.717) is 27.3 Å². The zero-order valence-corrected chi connectivity index (χ0v) is 21.5. The molecule has 2 amide bonds. The normalized spacial score (nSPS) is 15.5. The van der Waals surface area contributed by atoms with E-state index in [9.17, 15) is 9.59 Å². The highest BCUT2D eigenvalue weighted by Gasteiger charge is 2.33. The Morgan fingerprint density at radius 1 is 1.18 bits per heavy atom. The van der Waals surface area contributed by atoms with E-state index in [1.54, 1.807) is 24.3 Å². The van der Waals surface area contributed by atoms with Crippen molar-refractivity contribution in [3.63, 3.8) is 0 Å². The van der Waals surface area contributed by atoms with Crippen LogP contribution >= 0.6 is 35.2 Å². The number of fused-ring (bicyclic) bond motifs is 1. The van der Waals surface area contributed by atoms with Crippen LogP contribution in [0.3, 0.4) is 0 Å². The van der Waals surface area contributed by atoms with Crippen LogP contribution in [0.1, 0.15) is 58.5 Å². The number of thiophene rings is 1. The van der Waals surface area contributed by atoms with E-state index in [4.69, 9.17) is 34.0 Å². The molecule has 34 heavy (non-hydrogen) atoms.